The number of aryl methyl sites for hydroxylation is 1. The molecule has 0 aliphatic carbocycles. The molecule has 23 heavy (non-hydrogen) atoms. The fourth-order valence-electron chi connectivity index (χ4n) is 2.03. The van der Waals surface area contributed by atoms with Crippen LogP contribution in [0.4, 0.5) is 8.78 Å². The highest BCUT2D eigenvalue weighted by molar-refractivity contribution is 5.92. The lowest BCUT2D eigenvalue weighted by Crippen LogP contribution is -2.23. The van der Waals surface area contributed by atoms with Crippen LogP contribution in [-0.4, -0.2) is 11.8 Å². The fraction of sp³-hybridized carbons (Fsp3) is 0.176. The zero-order valence-electron chi connectivity index (χ0n) is 12.3. The summed E-state index contributed by atoms with van der Waals surface area (Å²) in [4.78, 5) is 22.7. The first-order chi connectivity index (χ1) is 11.0. The molecule has 120 valence electrons. The van der Waals surface area contributed by atoms with Crippen LogP contribution in [0.1, 0.15) is 27.9 Å². The van der Waals surface area contributed by atoms with Crippen molar-refractivity contribution in [3.63, 3.8) is 0 Å². The molecule has 2 aromatic rings. The van der Waals surface area contributed by atoms with Crippen molar-refractivity contribution in [2.45, 2.75) is 19.4 Å². The van der Waals surface area contributed by atoms with E-state index in [0.717, 1.165) is 17.7 Å². The van der Waals surface area contributed by atoms with E-state index in [1.54, 1.807) is 24.3 Å². The van der Waals surface area contributed by atoms with Gasteiger partial charge in [0.25, 0.3) is 0 Å². The Morgan fingerprint density at radius 3 is 2.22 bits per heavy atom. The summed E-state index contributed by atoms with van der Waals surface area (Å²) >= 11 is 0. The zero-order valence-corrected chi connectivity index (χ0v) is 12.3. The molecular formula is C17H16F2N2O2. The minimum Gasteiger partial charge on any atom is -0.366 e. The molecule has 3 N–H and O–H groups in total. The first-order valence-electron chi connectivity index (χ1n) is 7.05. The van der Waals surface area contributed by atoms with Gasteiger partial charge in [0.05, 0.1) is 0 Å². The molecule has 0 saturated heterocycles. The lowest BCUT2D eigenvalue weighted by atomic mass is 10.1. The largest absolute Gasteiger partial charge is 0.366 e. The van der Waals surface area contributed by atoms with Gasteiger partial charge in [-0.05, 0) is 41.8 Å². The summed E-state index contributed by atoms with van der Waals surface area (Å²) < 4.78 is 25.9. The van der Waals surface area contributed by atoms with E-state index in [1.165, 1.54) is 6.07 Å². The van der Waals surface area contributed by atoms with Gasteiger partial charge in [-0.25, -0.2) is 8.78 Å². The second-order valence-corrected chi connectivity index (χ2v) is 5.09. The van der Waals surface area contributed by atoms with Crippen LogP contribution in [-0.2, 0) is 17.8 Å². The molecule has 0 saturated carbocycles. The molecule has 0 aromatic heterocycles. The quantitative estimate of drug-likeness (QED) is 0.858. The lowest BCUT2D eigenvalue weighted by molar-refractivity contribution is -0.121. The topological polar surface area (TPSA) is 72.2 Å². The number of carbonyl (C=O) groups excluding carboxylic acids is 2. The van der Waals surface area contributed by atoms with Crippen molar-refractivity contribution in [3.8, 4) is 0 Å². The zero-order chi connectivity index (χ0) is 16.8. The molecule has 2 rings (SSSR count). The second-order valence-electron chi connectivity index (χ2n) is 5.09. The number of amides is 2. The van der Waals surface area contributed by atoms with Crippen molar-refractivity contribution in [1.29, 1.82) is 0 Å². The molecule has 2 aromatic carbocycles. The van der Waals surface area contributed by atoms with Crippen molar-refractivity contribution in [2.24, 2.45) is 5.73 Å². The Labute approximate surface area is 132 Å². The minimum absolute atomic E-state index is 0.171. The Bertz CT molecular complexity index is 715. The van der Waals surface area contributed by atoms with E-state index in [9.17, 15) is 18.4 Å². The van der Waals surface area contributed by atoms with Crippen molar-refractivity contribution in [2.75, 3.05) is 0 Å². The van der Waals surface area contributed by atoms with Crippen molar-refractivity contribution in [3.05, 3.63) is 70.8 Å². The summed E-state index contributed by atoms with van der Waals surface area (Å²) in [6.07, 6.45) is 0.494. The number of benzene rings is 2. The molecule has 0 bridgehead atoms. The van der Waals surface area contributed by atoms with Gasteiger partial charge in [0, 0.05) is 18.5 Å². The van der Waals surface area contributed by atoms with Crippen LogP contribution in [0, 0.1) is 11.6 Å². The molecule has 0 aliphatic rings. The van der Waals surface area contributed by atoms with Crippen molar-refractivity contribution < 1.29 is 18.4 Å². The van der Waals surface area contributed by atoms with Gasteiger partial charge in [0.15, 0.2) is 11.6 Å². The SMILES string of the molecule is NC(=O)c1ccc(CNC(=O)CCc2ccc(F)c(F)c2)cc1. The molecular weight excluding hydrogens is 302 g/mol. The van der Waals surface area contributed by atoms with Crippen LogP contribution in [0.5, 0.6) is 0 Å². The summed E-state index contributed by atoms with van der Waals surface area (Å²) in [7, 11) is 0. The summed E-state index contributed by atoms with van der Waals surface area (Å²) in [5.74, 6) is -2.53. The predicted octanol–water partition coefficient (Wildman–Crippen LogP) is 2.31. The third-order valence-electron chi connectivity index (χ3n) is 3.35. The molecule has 0 fully saturated rings. The number of hydrogen-bond acceptors (Lipinski definition) is 2. The summed E-state index contributed by atoms with van der Waals surface area (Å²) in [6.45, 7) is 0.315. The number of carbonyl (C=O) groups is 2. The van der Waals surface area contributed by atoms with Crippen LogP contribution >= 0.6 is 0 Å². The molecule has 6 heteroatoms. The van der Waals surface area contributed by atoms with Crippen LogP contribution in [0.2, 0.25) is 0 Å². The maximum absolute atomic E-state index is 13.1. The molecule has 0 atom stereocenters. The lowest BCUT2D eigenvalue weighted by Gasteiger charge is -2.06. The van der Waals surface area contributed by atoms with E-state index in [0.29, 0.717) is 24.1 Å². The van der Waals surface area contributed by atoms with Crippen LogP contribution in [0.25, 0.3) is 0 Å². The van der Waals surface area contributed by atoms with Crippen molar-refractivity contribution in [1.82, 2.24) is 5.32 Å². The highest BCUT2D eigenvalue weighted by Crippen LogP contribution is 2.10. The third-order valence-corrected chi connectivity index (χ3v) is 3.35. The molecule has 0 spiro atoms. The van der Waals surface area contributed by atoms with Crippen LogP contribution in [0.3, 0.4) is 0 Å². The van der Waals surface area contributed by atoms with E-state index < -0.39 is 17.5 Å². The Hall–Kier alpha value is -2.76. The van der Waals surface area contributed by atoms with Gasteiger partial charge in [0.2, 0.25) is 11.8 Å². The molecule has 0 aliphatic heterocycles. The van der Waals surface area contributed by atoms with E-state index in [1.807, 2.05) is 0 Å². The van der Waals surface area contributed by atoms with Gasteiger partial charge in [-0.2, -0.15) is 0 Å². The third kappa shape index (κ3) is 4.88. The number of hydrogen-bond donors (Lipinski definition) is 2. The number of nitrogens with one attached hydrogen (secondary N) is 1. The summed E-state index contributed by atoms with van der Waals surface area (Å²) in [5, 5.41) is 2.72. The minimum atomic E-state index is -0.919. The Balaban J connectivity index is 1.80. The normalized spacial score (nSPS) is 10.3. The predicted molar refractivity (Wildman–Crippen MR) is 81.5 cm³/mol. The highest BCUT2D eigenvalue weighted by Gasteiger charge is 2.06. The van der Waals surface area contributed by atoms with Gasteiger partial charge in [0.1, 0.15) is 0 Å². The summed E-state index contributed by atoms with van der Waals surface area (Å²) in [5.41, 5.74) is 6.93. The van der Waals surface area contributed by atoms with Gasteiger partial charge < -0.3 is 11.1 Å². The van der Waals surface area contributed by atoms with Gasteiger partial charge >= 0.3 is 0 Å². The Morgan fingerprint density at radius 1 is 0.957 bits per heavy atom. The molecule has 0 unspecified atom stereocenters. The number of primary amides is 1. The Morgan fingerprint density at radius 2 is 1.61 bits per heavy atom. The molecule has 0 radical (unpaired) electrons. The first-order valence-corrected chi connectivity index (χ1v) is 7.05. The van der Waals surface area contributed by atoms with Gasteiger partial charge in [-0.1, -0.05) is 18.2 Å². The number of nitrogens with two attached hydrogens (primary N) is 1. The smallest absolute Gasteiger partial charge is 0.248 e. The highest BCUT2D eigenvalue weighted by atomic mass is 19.2. The number of rotatable bonds is 6. The molecule has 2 amide bonds. The van der Waals surface area contributed by atoms with Crippen LogP contribution in [0.15, 0.2) is 42.5 Å². The van der Waals surface area contributed by atoms with Gasteiger partial charge in [-0.3, -0.25) is 9.59 Å². The molecule has 0 heterocycles. The van der Waals surface area contributed by atoms with E-state index in [4.69, 9.17) is 5.73 Å². The Kier molecular flexibility index (Phi) is 5.41. The van der Waals surface area contributed by atoms with Gasteiger partial charge in [-0.15, -0.1) is 0 Å². The second kappa shape index (κ2) is 7.49. The average molecular weight is 318 g/mol. The van der Waals surface area contributed by atoms with E-state index >= 15 is 0 Å². The standard InChI is InChI=1S/C17H16F2N2O2/c18-14-7-3-11(9-15(14)19)4-8-16(22)21-10-12-1-5-13(6-2-12)17(20)23/h1-3,5-7,9H,4,8,10H2,(H2,20,23)(H,21,22). The fourth-order valence-corrected chi connectivity index (χ4v) is 2.03. The number of halogens is 2. The first kappa shape index (κ1) is 16.6. The van der Waals surface area contributed by atoms with Crippen LogP contribution < -0.4 is 11.1 Å². The van der Waals surface area contributed by atoms with E-state index in [2.05, 4.69) is 5.32 Å². The maximum atomic E-state index is 13.1. The average Bonchev–Trinajstić information content (AvgIpc) is 2.54. The van der Waals surface area contributed by atoms with E-state index in [-0.39, 0.29) is 12.3 Å². The maximum Gasteiger partial charge on any atom is 0.248 e. The monoisotopic (exact) mass is 318 g/mol. The summed E-state index contributed by atoms with van der Waals surface area (Å²) in [6, 6.07) is 10.2. The molecule has 4 nitrogen and oxygen atoms in total. The van der Waals surface area contributed by atoms with Crippen molar-refractivity contribution >= 4 is 11.8 Å².